The normalized spacial score (nSPS) is 15.8. The Bertz CT molecular complexity index is 415. The van der Waals surface area contributed by atoms with E-state index in [-0.39, 0.29) is 24.4 Å². The van der Waals surface area contributed by atoms with Crippen LogP contribution >= 0.6 is 0 Å². The molecule has 0 unspecified atom stereocenters. The molecule has 0 aromatic carbocycles. The molecule has 1 aromatic heterocycles. The van der Waals surface area contributed by atoms with E-state index in [1.807, 2.05) is 0 Å². The zero-order valence-corrected chi connectivity index (χ0v) is 9.35. The second-order valence-electron chi connectivity index (χ2n) is 4.16. The van der Waals surface area contributed by atoms with Crippen molar-refractivity contribution in [2.24, 2.45) is 5.73 Å². The van der Waals surface area contributed by atoms with Crippen molar-refractivity contribution in [2.75, 3.05) is 6.54 Å². The van der Waals surface area contributed by atoms with Crippen LogP contribution in [0.15, 0.2) is 0 Å². The molecule has 3 nitrogen and oxygen atoms in total. The summed E-state index contributed by atoms with van der Waals surface area (Å²) in [5.74, 6) is 0.209. The van der Waals surface area contributed by atoms with Crippen molar-refractivity contribution < 1.29 is 13.2 Å². The maximum atomic E-state index is 12.9. The van der Waals surface area contributed by atoms with Crippen LogP contribution in [0.4, 0.5) is 13.2 Å². The van der Waals surface area contributed by atoms with Gasteiger partial charge in [-0.3, -0.25) is 0 Å². The minimum Gasteiger partial charge on any atom is -0.330 e. The fourth-order valence-electron chi connectivity index (χ4n) is 2.12. The third-order valence-corrected chi connectivity index (χ3v) is 2.87. The van der Waals surface area contributed by atoms with Crippen LogP contribution in [0.5, 0.6) is 0 Å². The average molecular weight is 245 g/mol. The van der Waals surface area contributed by atoms with Gasteiger partial charge in [0.1, 0.15) is 5.82 Å². The van der Waals surface area contributed by atoms with Crippen molar-refractivity contribution in [1.82, 2.24) is 9.97 Å². The molecule has 0 saturated heterocycles. The largest absolute Gasteiger partial charge is 0.433 e. The van der Waals surface area contributed by atoms with Gasteiger partial charge in [0.2, 0.25) is 0 Å². The lowest BCUT2D eigenvalue weighted by molar-refractivity contribution is -0.142. The Kier molecular flexibility index (Phi) is 3.33. The molecule has 1 aliphatic carbocycles. The summed E-state index contributed by atoms with van der Waals surface area (Å²) < 4.78 is 38.6. The molecule has 1 aliphatic rings. The van der Waals surface area contributed by atoms with Gasteiger partial charge in [-0.2, -0.15) is 13.2 Å². The van der Waals surface area contributed by atoms with Crippen molar-refractivity contribution in [3.63, 3.8) is 0 Å². The quantitative estimate of drug-likeness (QED) is 0.865. The number of nitrogens with zero attached hydrogens (tertiary/aromatic N) is 2. The Morgan fingerprint density at radius 1 is 1.12 bits per heavy atom. The minimum atomic E-state index is -4.40. The first kappa shape index (κ1) is 12.3. The Morgan fingerprint density at radius 3 is 2.47 bits per heavy atom. The lowest BCUT2D eigenvalue weighted by Crippen LogP contribution is -2.21. The number of fused-ring (bicyclic) bond motifs is 1. The monoisotopic (exact) mass is 245 g/mol. The first-order valence-corrected chi connectivity index (χ1v) is 5.68. The van der Waals surface area contributed by atoms with Crippen LogP contribution in [-0.4, -0.2) is 16.5 Å². The van der Waals surface area contributed by atoms with Crippen LogP contribution in [0.3, 0.4) is 0 Å². The molecule has 0 saturated carbocycles. The molecule has 17 heavy (non-hydrogen) atoms. The zero-order valence-electron chi connectivity index (χ0n) is 9.35. The highest BCUT2D eigenvalue weighted by Crippen LogP contribution is 2.34. The van der Waals surface area contributed by atoms with E-state index in [0.717, 1.165) is 12.8 Å². The van der Waals surface area contributed by atoms with Gasteiger partial charge in [-0.25, -0.2) is 9.97 Å². The van der Waals surface area contributed by atoms with E-state index in [1.54, 1.807) is 0 Å². The highest BCUT2D eigenvalue weighted by molar-refractivity contribution is 5.30. The number of hydrogen-bond donors (Lipinski definition) is 1. The predicted molar refractivity (Wildman–Crippen MR) is 56.4 cm³/mol. The highest BCUT2D eigenvalue weighted by Gasteiger charge is 2.37. The fourth-order valence-corrected chi connectivity index (χ4v) is 2.12. The standard InChI is InChI=1S/C11H14F3N3/c12-11(13,14)10-7-3-1-2-4-8(7)16-9(17-10)5-6-15/h1-6,15H2. The predicted octanol–water partition coefficient (Wildman–Crippen LogP) is 1.88. The second kappa shape index (κ2) is 4.60. The molecule has 0 atom stereocenters. The fraction of sp³-hybridized carbons (Fsp3) is 0.636. The van der Waals surface area contributed by atoms with Crippen molar-refractivity contribution in [3.8, 4) is 0 Å². The van der Waals surface area contributed by atoms with Gasteiger partial charge >= 0.3 is 6.18 Å². The SMILES string of the molecule is NCCc1nc2c(c(C(F)(F)F)n1)CCCC2. The lowest BCUT2D eigenvalue weighted by atomic mass is 9.94. The topological polar surface area (TPSA) is 51.8 Å². The van der Waals surface area contributed by atoms with Crippen molar-refractivity contribution in [2.45, 2.75) is 38.3 Å². The lowest BCUT2D eigenvalue weighted by Gasteiger charge is -2.20. The third-order valence-electron chi connectivity index (χ3n) is 2.87. The van der Waals surface area contributed by atoms with E-state index in [0.29, 0.717) is 18.5 Å². The van der Waals surface area contributed by atoms with E-state index >= 15 is 0 Å². The van der Waals surface area contributed by atoms with Gasteiger partial charge in [0.05, 0.1) is 0 Å². The summed E-state index contributed by atoms with van der Waals surface area (Å²) in [5.41, 5.74) is 5.42. The van der Waals surface area contributed by atoms with Crippen LogP contribution < -0.4 is 5.73 Å². The molecule has 6 heteroatoms. The van der Waals surface area contributed by atoms with Gasteiger partial charge in [0, 0.05) is 17.7 Å². The minimum absolute atomic E-state index is 0.209. The molecule has 2 N–H and O–H groups in total. The maximum absolute atomic E-state index is 12.9. The zero-order chi connectivity index (χ0) is 12.5. The number of aryl methyl sites for hydroxylation is 1. The Morgan fingerprint density at radius 2 is 1.82 bits per heavy atom. The third kappa shape index (κ3) is 2.57. The van der Waals surface area contributed by atoms with Gasteiger partial charge in [-0.1, -0.05) is 0 Å². The number of aromatic nitrogens is 2. The summed E-state index contributed by atoms with van der Waals surface area (Å²) in [5, 5.41) is 0. The summed E-state index contributed by atoms with van der Waals surface area (Å²) in [6, 6.07) is 0. The first-order chi connectivity index (χ1) is 8.02. The highest BCUT2D eigenvalue weighted by atomic mass is 19.4. The summed E-state index contributed by atoms with van der Waals surface area (Å²) >= 11 is 0. The molecular formula is C11H14F3N3. The van der Waals surface area contributed by atoms with Gasteiger partial charge in [-0.05, 0) is 32.2 Å². The number of alkyl halides is 3. The summed E-state index contributed by atoms with van der Waals surface area (Å²) in [4.78, 5) is 7.82. The van der Waals surface area contributed by atoms with Crippen LogP contribution in [0.2, 0.25) is 0 Å². The Hall–Kier alpha value is -1.17. The van der Waals surface area contributed by atoms with E-state index in [4.69, 9.17) is 5.73 Å². The van der Waals surface area contributed by atoms with Crippen LogP contribution in [-0.2, 0) is 25.4 Å². The molecule has 0 amide bonds. The molecule has 1 aromatic rings. The van der Waals surface area contributed by atoms with E-state index in [9.17, 15) is 13.2 Å². The summed E-state index contributed by atoms with van der Waals surface area (Å²) in [6.07, 6.45) is -1.41. The molecule has 0 fully saturated rings. The summed E-state index contributed by atoms with van der Waals surface area (Å²) in [7, 11) is 0. The van der Waals surface area contributed by atoms with Gasteiger partial charge < -0.3 is 5.73 Å². The average Bonchev–Trinajstić information content (AvgIpc) is 2.27. The van der Waals surface area contributed by atoms with Gasteiger partial charge in [0.15, 0.2) is 5.69 Å². The van der Waals surface area contributed by atoms with Crippen LogP contribution in [0.1, 0.15) is 35.6 Å². The van der Waals surface area contributed by atoms with Crippen LogP contribution in [0.25, 0.3) is 0 Å². The molecule has 1 heterocycles. The second-order valence-corrected chi connectivity index (χ2v) is 4.16. The van der Waals surface area contributed by atoms with Crippen LogP contribution in [0, 0.1) is 0 Å². The number of rotatable bonds is 2. The number of nitrogens with two attached hydrogens (primary N) is 1. The Labute approximate surface area is 97.3 Å². The molecule has 0 bridgehead atoms. The molecule has 0 radical (unpaired) electrons. The van der Waals surface area contributed by atoms with Crippen molar-refractivity contribution in [3.05, 3.63) is 22.8 Å². The molecule has 94 valence electrons. The summed E-state index contributed by atoms with van der Waals surface area (Å²) in [6.45, 7) is 0.260. The molecular weight excluding hydrogens is 231 g/mol. The number of hydrogen-bond acceptors (Lipinski definition) is 3. The maximum Gasteiger partial charge on any atom is 0.433 e. The molecule has 0 aliphatic heterocycles. The molecule has 2 rings (SSSR count). The van der Waals surface area contributed by atoms with E-state index in [1.165, 1.54) is 0 Å². The van der Waals surface area contributed by atoms with Crippen molar-refractivity contribution in [1.29, 1.82) is 0 Å². The Balaban J connectivity index is 2.50. The van der Waals surface area contributed by atoms with Gasteiger partial charge in [0.25, 0.3) is 0 Å². The number of halogens is 3. The molecule has 0 spiro atoms. The van der Waals surface area contributed by atoms with Gasteiger partial charge in [-0.15, -0.1) is 0 Å². The van der Waals surface area contributed by atoms with E-state index in [2.05, 4.69) is 9.97 Å². The first-order valence-electron chi connectivity index (χ1n) is 5.68. The van der Waals surface area contributed by atoms with E-state index < -0.39 is 11.9 Å². The smallest absolute Gasteiger partial charge is 0.330 e. The van der Waals surface area contributed by atoms with Crippen molar-refractivity contribution >= 4 is 0 Å².